The Hall–Kier alpha value is -3.20. The number of carbonyl (C=O) groups excluding carboxylic acids is 1. The molecule has 5 rings (SSSR count). The highest BCUT2D eigenvalue weighted by molar-refractivity contribution is 6.30. The number of benzene rings is 2. The van der Waals surface area contributed by atoms with Crippen molar-refractivity contribution in [3.63, 3.8) is 0 Å². The quantitative estimate of drug-likeness (QED) is 0.164. The fraction of sp³-hybridized carbons (Fsp3) is 0.469. The lowest BCUT2D eigenvalue weighted by molar-refractivity contribution is -0.155. The van der Waals surface area contributed by atoms with Gasteiger partial charge in [0.15, 0.2) is 11.5 Å². The SMILES string of the molecule is CCC(=CCOc1cccc(Cl)c1)[C@H]1O[C@@H](Oc2ccc(C=C(C)C(=O)N[C@@H]3[C@H](O)[C@@H](O)[C@H]4OCO[C@H]4[C@@H]3O)cc2O)C[C@@H]1O. The van der Waals surface area contributed by atoms with Crippen molar-refractivity contribution in [1.82, 2.24) is 5.32 Å². The molecule has 0 unspecified atom stereocenters. The Labute approximate surface area is 265 Å². The van der Waals surface area contributed by atoms with Gasteiger partial charge in [-0.05, 0) is 67.0 Å². The van der Waals surface area contributed by atoms with Crippen molar-refractivity contribution in [3.8, 4) is 17.2 Å². The molecule has 45 heavy (non-hydrogen) atoms. The van der Waals surface area contributed by atoms with Crippen LogP contribution in [-0.2, 0) is 19.0 Å². The van der Waals surface area contributed by atoms with E-state index < -0.39 is 61.0 Å². The molecular weight excluding hydrogens is 610 g/mol. The van der Waals surface area contributed by atoms with Gasteiger partial charge in [-0.15, -0.1) is 0 Å². The second kappa shape index (κ2) is 14.5. The summed E-state index contributed by atoms with van der Waals surface area (Å²) < 4.78 is 28.1. The zero-order valence-corrected chi connectivity index (χ0v) is 25.5. The number of fused-ring (bicyclic) bond motifs is 1. The molecule has 2 aromatic carbocycles. The number of nitrogens with one attached hydrogen (secondary N) is 1. The van der Waals surface area contributed by atoms with Crippen molar-refractivity contribution >= 4 is 23.6 Å². The fourth-order valence-corrected chi connectivity index (χ4v) is 5.89. The topological polar surface area (TPSA) is 176 Å². The highest BCUT2D eigenvalue weighted by Gasteiger charge is 2.53. The smallest absolute Gasteiger partial charge is 0.247 e. The van der Waals surface area contributed by atoms with E-state index in [0.717, 1.165) is 5.57 Å². The summed E-state index contributed by atoms with van der Waals surface area (Å²) in [5.74, 6) is -0.0404. The number of rotatable bonds is 10. The molecule has 244 valence electrons. The van der Waals surface area contributed by atoms with E-state index in [2.05, 4.69) is 5.32 Å². The van der Waals surface area contributed by atoms with Crippen LogP contribution >= 0.6 is 11.6 Å². The third-order valence-corrected chi connectivity index (χ3v) is 8.37. The number of ether oxygens (including phenoxy) is 5. The van der Waals surface area contributed by atoms with E-state index in [0.29, 0.717) is 22.8 Å². The standard InChI is InChI=1S/C32H38ClNO11/c1-3-18(9-10-41-20-6-4-5-19(33)13-20)29-22(36)14-24(45-29)44-23-8-7-17(12-21(23)35)11-16(2)32(40)34-25-26(37)28(39)31-30(27(25)38)42-15-43-31/h4-9,11-13,22,24-31,35-39H,3,10,14-15H2,1-2H3,(H,34,40)/t22-,24+,25+,26-,27+,28+,29+,30-,31+/m0/s1. The molecule has 2 saturated heterocycles. The molecule has 9 atom stereocenters. The van der Waals surface area contributed by atoms with Gasteiger partial charge in [0.2, 0.25) is 12.2 Å². The van der Waals surface area contributed by atoms with Gasteiger partial charge in [0, 0.05) is 17.0 Å². The average molecular weight is 648 g/mol. The number of aliphatic hydroxyl groups is 4. The van der Waals surface area contributed by atoms with E-state index in [1.807, 2.05) is 13.0 Å². The first kappa shape index (κ1) is 33.2. The summed E-state index contributed by atoms with van der Waals surface area (Å²) in [6, 6.07) is 10.4. The lowest BCUT2D eigenvalue weighted by atomic mass is 9.83. The highest BCUT2D eigenvalue weighted by atomic mass is 35.5. The van der Waals surface area contributed by atoms with E-state index >= 15 is 0 Å². The summed E-state index contributed by atoms with van der Waals surface area (Å²) in [6.07, 6.45) is -3.96. The first-order valence-electron chi connectivity index (χ1n) is 14.7. The third kappa shape index (κ3) is 7.62. The maximum absolute atomic E-state index is 12.9. The van der Waals surface area contributed by atoms with E-state index in [1.54, 1.807) is 30.3 Å². The normalized spacial score (nSPS) is 31.8. The fourth-order valence-electron chi connectivity index (χ4n) is 5.71. The number of hydrogen-bond donors (Lipinski definition) is 6. The van der Waals surface area contributed by atoms with Gasteiger partial charge in [0.05, 0.1) is 12.1 Å². The molecule has 0 radical (unpaired) electrons. The third-order valence-electron chi connectivity index (χ3n) is 8.13. The molecule has 13 heteroatoms. The molecule has 1 saturated carbocycles. The molecule has 2 heterocycles. The van der Waals surface area contributed by atoms with Crippen LogP contribution in [-0.4, -0.2) is 99.9 Å². The number of amides is 1. The van der Waals surface area contributed by atoms with Crippen LogP contribution in [0.15, 0.2) is 59.7 Å². The predicted molar refractivity (Wildman–Crippen MR) is 162 cm³/mol. The minimum absolute atomic E-state index is 0.134. The second-order valence-electron chi connectivity index (χ2n) is 11.2. The molecule has 0 spiro atoms. The number of carbonyl (C=O) groups is 1. The molecule has 3 fully saturated rings. The van der Waals surface area contributed by atoms with E-state index in [-0.39, 0.29) is 36.9 Å². The van der Waals surface area contributed by atoms with Crippen LogP contribution in [0.4, 0.5) is 0 Å². The minimum Gasteiger partial charge on any atom is -0.504 e. The number of phenolic OH excluding ortho intramolecular Hbond substituents is 1. The van der Waals surface area contributed by atoms with Crippen molar-refractivity contribution in [3.05, 3.63) is 70.3 Å². The van der Waals surface area contributed by atoms with Gasteiger partial charge in [0.1, 0.15) is 55.8 Å². The molecular formula is C32H38ClNO11. The Bertz CT molecular complexity index is 1420. The van der Waals surface area contributed by atoms with E-state index in [1.165, 1.54) is 25.1 Å². The molecule has 0 aromatic heterocycles. The highest BCUT2D eigenvalue weighted by Crippen LogP contribution is 2.34. The summed E-state index contributed by atoms with van der Waals surface area (Å²) in [5, 5.41) is 55.9. The second-order valence-corrected chi connectivity index (χ2v) is 11.7. The first-order valence-corrected chi connectivity index (χ1v) is 15.1. The Morgan fingerprint density at radius 2 is 1.82 bits per heavy atom. The molecule has 2 aliphatic heterocycles. The van der Waals surface area contributed by atoms with Crippen LogP contribution in [0.25, 0.3) is 6.08 Å². The van der Waals surface area contributed by atoms with Crippen LogP contribution in [0.1, 0.15) is 32.3 Å². The van der Waals surface area contributed by atoms with Crippen LogP contribution in [0.2, 0.25) is 5.02 Å². The minimum atomic E-state index is -1.47. The Morgan fingerprint density at radius 1 is 1.07 bits per heavy atom. The summed E-state index contributed by atoms with van der Waals surface area (Å²) in [4.78, 5) is 12.9. The van der Waals surface area contributed by atoms with Crippen LogP contribution in [0.3, 0.4) is 0 Å². The Morgan fingerprint density at radius 3 is 2.53 bits per heavy atom. The first-order chi connectivity index (χ1) is 21.5. The molecule has 1 aliphatic carbocycles. The van der Waals surface area contributed by atoms with Crippen LogP contribution in [0.5, 0.6) is 17.2 Å². The van der Waals surface area contributed by atoms with Crippen molar-refractivity contribution in [2.75, 3.05) is 13.4 Å². The largest absolute Gasteiger partial charge is 0.504 e. The summed E-state index contributed by atoms with van der Waals surface area (Å²) >= 11 is 6.00. The number of aliphatic hydroxyl groups excluding tert-OH is 4. The molecule has 2 aromatic rings. The molecule has 0 bridgehead atoms. The number of halogens is 1. The van der Waals surface area contributed by atoms with Gasteiger partial charge in [-0.25, -0.2) is 0 Å². The Balaban J connectivity index is 1.17. The molecule has 3 aliphatic rings. The zero-order chi connectivity index (χ0) is 32.2. The zero-order valence-electron chi connectivity index (χ0n) is 24.8. The van der Waals surface area contributed by atoms with Crippen LogP contribution < -0.4 is 14.8 Å². The van der Waals surface area contributed by atoms with Gasteiger partial charge in [-0.1, -0.05) is 30.7 Å². The monoisotopic (exact) mass is 647 g/mol. The van der Waals surface area contributed by atoms with Crippen molar-refractivity contribution in [2.24, 2.45) is 0 Å². The molecule has 1 amide bonds. The van der Waals surface area contributed by atoms with Crippen LogP contribution in [0, 0.1) is 0 Å². The lowest BCUT2D eigenvalue weighted by Gasteiger charge is -2.41. The van der Waals surface area contributed by atoms with Gasteiger partial charge in [-0.2, -0.15) is 0 Å². The van der Waals surface area contributed by atoms with Gasteiger partial charge in [-0.3, -0.25) is 4.79 Å². The molecule has 6 N–H and O–H groups in total. The van der Waals surface area contributed by atoms with Gasteiger partial charge >= 0.3 is 0 Å². The average Bonchev–Trinajstić information content (AvgIpc) is 3.65. The predicted octanol–water partition coefficient (Wildman–Crippen LogP) is 2.04. The molecule has 12 nitrogen and oxygen atoms in total. The summed E-state index contributed by atoms with van der Waals surface area (Å²) in [6.45, 7) is 3.61. The van der Waals surface area contributed by atoms with Crippen molar-refractivity contribution in [2.45, 2.75) is 81.7 Å². The Kier molecular flexibility index (Phi) is 10.7. The van der Waals surface area contributed by atoms with Gasteiger partial charge < -0.3 is 54.5 Å². The maximum Gasteiger partial charge on any atom is 0.247 e. The summed E-state index contributed by atoms with van der Waals surface area (Å²) in [5.41, 5.74) is 1.54. The number of hydrogen-bond acceptors (Lipinski definition) is 11. The van der Waals surface area contributed by atoms with E-state index in [9.17, 15) is 30.3 Å². The maximum atomic E-state index is 12.9. The lowest BCUT2D eigenvalue weighted by Crippen LogP contribution is -2.67. The van der Waals surface area contributed by atoms with Gasteiger partial charge in [0.25, 0.3) is 0 Å². The summed E-state index contributed by atoms with van der Waals surface area (Å²) in [7, 11) is 0. The number of phenols is 1. The number of aromatic hydroxyl groups is 1. The van der Waals surface area contributed by atoms with Crippen molar-refractivity contribution < 1.29 is 54.0 Å². The van der Waals surface area contributed by atoms with E-state index in [4.69, 9.17) is 35.3 Å². The van der Waals surface area contributed by atoms with Crippen molar-refractivity contribution in [1.29, 1.82) is 0 Å².